The number of aliphatic imine (C=N–C) groups is 1. The number of fused-ring (bicyclic) bond motifs is 1. The zero-order chi connectivity index (χ0) is 10.6. The second kappa shape index (κ2) is 2.56. The van der Waals surface area contributed by atoms with Crippen molar-refractivity contribution < 1.29 is 4.79 Å². The summed E-state index contributed by atoms with van der Waals surface area (Å²) in [5, 5.41) is 0. The summed E-state index contributed by atoms with van der Waals surface area (Å²) in [5.74, 6) is 0.672. The first-order valence-corrected chi connectivity index (χ1v) is 5.14. The van der Waals surface area contributed by atoms with Crippen LogP contribution in [0.5, 0.6) is 0 Å². The number of hydrogen-bond donors (Lipinski definition) is 0. The molecule has 2 heteroatoms. The molecule has 1 fully saturated rings. The third-order valence-electron chi connectivity index (χ3n) is 3.68. The van der Waals surface area contributed by atoms with Gasteiger partial charge in [-0.2, -0.15) is 0 Å². The van der Waals surface area contributed by atoms with Crippen LogP contribution >= 0.6 is 0 Å². The standard InChI is InChI=1S/C12H17NO/c1-8(14)10-7-13-6-9-5-12(9,10)11(2,3)4/h6-7,9H,5H2,1-4H3. The second-order valence-corrected chi connectivity index (χ2v) is 5.43. The predicted molar refractivity (Wildman–Crippen MR) is 57.3 cm³/mol. The predicted octanol–water partition coefficient (Wildman–Crippen LogP) is 2.60. The second-order valence-electron chi connectivity index (χ2n) is 5.43. The van der Waals surface area contributed by atoms with Crippen molar-refractivity contribution >= 4 is 12.0 Å². The summed E-state index contributed by atoms with van der Waals surface area (Å²) in [6.07, 6.45) is 4.85. The quantitative estimate of drug-likeness (QED) is 0.626. The molecule has 2 unspecified atom stereocenters. The fourth-order valence-corrected chi connectivity index (χ4v) is 2.79. The van der Waals surface area contributed by atoms with Gasteiger partial charge < -0.3 is 0 Å². The summed E-state index contributed by atoms with van der Waals surface area (Å²) >= 11 is 0. The molecule has 14 heavy (non-hydrogen) atoms. The summed E-state index contributed by atoms with van der Waals surface area (Å²) in [7, 11) is 0. The van der Waals surface area contributed by atoms with Crippen LogP contribution in [0.2, 0.25) is 0 Å². The minimum Gasteiger partial charge on any atom is -0.295 e. The van der Waals surface area contributed by atoms with Crippen LogP contribution in [0.3, 0.4) is 0 Å². The molecule has 0 bridgehead atoms. The average Bonchev–Trinajstić information content (AvgIpc) is 2.76. The lowest BCUT2D eigenvalue weighted by molar-refractivity contribution is -0.114. The van der Waals surface area contributed by atoms with Crippen LogP contribution in [0, 0.1) is 16.7 Å². The topological polar surface area (TPSA) is 29.4 Å². The summed E-state index contributed by atoms with van der Waals surface area (Å²) in [6.45, 7) is 8.28. The molecule has 0 saturated heterocycles. The zero-order valence-electron chi connectivity index (χ0n) is 9.29. The fourth-order valence-electron chi connectivity index (χ4n) is 2.79. The lowest BCUT2D eigenvalue weighted by Crippen LogP contribution is -2.30. The first-order chi connectivity index (χ1) is 6.39. The minimum absolute atomic E-state index is 0.0839. The number of rotatable bonds is 1. The molecule has 1 aliphatic heterocycles. The number of carbonyl (C=O) groups is 1. The van der Waals surface area contributed by atoms with Gasteiger partial charge in [0.25, 0.3) is 0 Å². The van der Waals surface area contributed by atoms with Crippen LogP contribution in [-0.2, 0) is 4.79 Å². The zero-order valence-corrected chi connectivity index (χ0v) is 9.29. The lowest BCUT2D eigenvalue weighted by Gasteiger charge is -2.34. The van der Waals surface area contributed by atoms with Crippen molar-refractivity contribution in [3.8, 4) is 0 Å². The normalized spacial score (nSPS) is 34.9. The van der Waals surface area contributed by atoms with E-state index >= 15 is 0 Å². The van der Waals surface area contributed by atoms with Gasteiger partial charge >= 0.3 is 0 Å². The molecule has 2 nitrogen and oxygen atoms in total. The van der Waals surface area contributed by atoms with Gasteiger partial charge in [0.2, 0.25) is 0 Å². The number of Topliss-reactive ketones (excluding diaryl/α,β-unsaturated/α-hetero) is 1. The highest BCUT2D eigenvalue weighted by atomic mass is 16.1. The monoisotopic (exact) mass is 191 g/mol. The van der Waals surface area contributed by atoms with Gasteiger partial charge in [0, 0.05) is 29.3 Å². The molecule has 2 aliphatic rings. The van der Waals surface area contributed by atoms with Crippen molar-refractivity contribution in [3.05, 3.63) is 11.8 Å². The van der Waals surface area contributed by atoms with E-state index in [4.69, 9.17) is 0 Å². The van der Waals surface area contributed by atoms with E-state index < -0.39 is 0 Å². The van der Waals surface area contributed by atoms with Crippen molar-refractivity contribution in [2.45, 2.75) is 34.1 Å². The first-order valence-electron chi connectivity index (χ1n) is 5.14. The maximum Gasteiger partial charge on any atom is 0.157 e. The van der Waals surface area contributed by atoms with Crippen LogP contribution in [-0.4, -0.2) is 12.0 Å². The van der Waals surface area contributed by atoms with E-state index in [2.05, 4.69) is 25.8 Å². The highest BCUT2D eigenvalue weighted by molar-refractivity contribution is 5.98. The Balaban J connectivity index is 2.45. The van der Waals surface area contributed by atoms with Crippen molar-refractivity contribution in [3.63, 3.8) is 0 Å². The Bertz CT molecular complexity index is 346. The highest BCUT2D eigenvalue weighted by Gasteiger charge is 2.64. The third kappa shape index (κ3) is 1.03. The largest absolute Gasteiger partial charge is 0.295 e. The number of carbonyl (C=O) groups excluding carboxylic acids is 1. The molecule has 1 heterocycles. The number of nitrogens with zero attached hydrogens (tertiary/aromatic N) is 1. The Morgan fingerprint density at radius 1 is 1.57 bits per heavy atom. The molecule has 2 atom stereocenters. The van der Waals surface area contributed by atoms with Crippen LogP contribution in [0.1, 0.15) is 34.1 Å². The van der Waals surface area contributed by atoms with Gasteiger partial charge in [0.15, 0.2) is 5.78 Å². The van der Waals surface area contributed by atoms with Gasteiger partial charge in [0.05, 0.1) is 0 Å². The van der Waals surface area contributed by atoms with Crippen molar-refractivity contribution in [2.75, 3.05) is 0 Å². The highest BCUT2D eigenvalue weighted by Crippen LogP contribution is 2.67. The Morgan fingerprint density at radius 2 is 2.21 bits per heavy atom. The van der Waals surface area contributed by atoms with Crippen LogP contribution in [0.25, 0.3) is 0 Å². The van der Waals surface area contributed by atoms with Gasteiger partial charge in [0.1, 0.15) is 0 Å². The molecule has 2 rings (SSSR count). The molecule has 0 aromatic heterocycles. The molecule has 76 valence electrons. The molecule has 1 saturated carbocycles. The number of ketones is 1. The van der Waals surface area contributed by atoms with E-state index in [-0.39, 0.29) is 16.6 Å². The molecule has 0 spiro atoms. The van der Waals surface area contributed by atoms with E-state index in [1.807, 2.05) is 6.21 Å². The van der Waals surface area contributed by atoms with Crippen molar-refractivity contribution in [1.29, 1.82) is 0 Å². The number of allylic oxidation sites excluding steroid dienone is 1. The van der Waals surface area contributed by atoms with E-state index in [0.29, 0.717) is 5.92 Å². The van der Waals surface area contributed by atoms with E-state index in [1.165, 1.54) is 0 Å². The lowest BCUT2D eigenvalue weighted by atomic mass is 9.70. The smallest absolute Gasteiger partial charge is 0.157 e. The molecule has 0 aromatic rings. The van der Waals surface area contributed by atoms with E-state index in [0.717, 1.165) is 12.0 Å². The maximum atomic E-state index is 11.5. The van der Waals surface area contributed by atoms with Crippen molar-refractivity contribution in [1.82, 2.24) is 0 Å². The van der Waals surface area contributed by atoms with Gasteiger partial charge in [-0.1, -0.05) is 20.8 Å². The minimum atomic E-state index is 0.0839. The number of hydrogen-bond acceptors (Lipinski definition) is 2. The molecule has 0 amide bonds. The summed E-state index contributed by atoms with van der Waals surface area (Å²) in [6, 6.07) is 0. The van der Waals surface area contributed by atoms with Gasteiger partial charge in [-0.05, 0) is 18.8 Å². The van der Waals surface area contributed by atoms with E-state index in [9.17, 15) is 4.79 Å². The van der Waals surface area contributed by atoms with Crippen molar-refractivity contribution in [2.24, 2.45) is 21.7 Å². The summed E-state index contributed by atoms with van der Waals surface area (Å²) in [4.78, 5) is 15.7. The molecular weight excluding hydrogens is 174 g/mol. The van der Waals surface area contributed by atoms with Gasteiger partial charge in [-0.15, -0.1) is 0 Å². The van der Waals surface area contributed by atoms with Gasteiger partial charge in [-0.25, -0.2) is 0 Å². The third-order valence-corrected chi connectivity index (χ3v) is 3.68. The Hall–Kier alpha value is -0.920. The molecule has 0 N–H and O–H groups in total. The molecule has 0 aromatic carbocycles. The molecule has 0 radical (unpaired) electrons. The summed E-state index contributed by atoms with van der Waals surface area (Å²) in [5.41, 5.74) is 1.17. The van der Waals surface area contributed by atoms with E-state index in [1.54, 1.807) is 13.1 Å². The maximum absolute atomic E-state index is 11.5. The van der Waals surface area contributed by atoms with Crippen LogP contribution < -0.4 is 0 Å². The fraction of sp³-hybridized carbons (Fsp3) is 0.667. The van der Waals surface area contributed by atoms with Crippen LogP contribution in [0.15, 0.2) is 16.8 Å². The Morgan fingerprint density at radius 3 is 2.64 bits per heavy atom. The first kappa shape index (κ1) is 9.63. The molecular formula is C12H17NO. The Labute approximate surface area is 85.1 Å². The summed E-state index contributed by atoms with van der Waals surface area (Å²) < 4.78 is 0. The SMILES string of the molecule is CC(=O)C1=CN=CC2CC12C(C)(C)C. The Kier molecular flexibility index (Phi) is 1.76. The average molecular weight is 191 g/mol. The molecule has 1 aliphatic carbocycles. The van der Waals surface area contributed by atoms with Gasteiger partial charge in [-0.3, -0.25) is 9.79 Å². The van der Waals surface area contributed by atoms with Crippen LogP contribution in [0.4, 0.5) is 0 Å².